The van der Waals surface area contributed by atoms with Crippen LogP contribution in [0.3, 0.4) is 0 Å². The van der Waals surface area contributed by atoms with Crippen LogP contribution >= 0.6 is 0 Å². The first-order chi connectivity index (χ1) is 8.81. The molecule has 19 heavy (non-hydrogen) atoms. The second kappa shape index (κ2) is 6.85. The Hall–Kier alpha value is -1.15. The van der Waals surface area contributed by atoms with Gasteiger partial charge < -0.3 is 14.4 Å². The summed E-state index contributed by atoms with van der Waals surface area (Å²) in [6.45, 7) is -0.177. The molecule has 1 fully saturated rings. The van der Waals surface area contributed by atoms with Gasteiger partial charge in [-0.1, -0.05) is 12.8 Å². The summed E-state index contributed by atoms with van der Waals surface area (Å²) in [4.78, 5) is 22.7. The molecule has 110 valence electrons. The van der Waals surface area contributed by atoms with Crippen LogP contribution in [-0.2, 0) is 24.4 Å². The van der Waals surface area contributed by atoms with Gasteiger partial charge in [-0.3, -0.25) is 9.59 Å². The molecule has 1 aliphatic carbocycles. The predicted molar refractivity (Wildman–Crippen MR) is 63.2 cm³/mol. The van der Waals surface area contributed by atoms with Gasteiger partial charge in [0.25, 0.3) is 0 Å². The largest absolute Gasteiger partial charge is 0.748 e. The highest BCUT2D eigenvalue weighted by Crippen LogP contribution is 2.31. The lowest BCUT2D eigenvalue weighted by atomic mass is 9.79. The minimum atomic E-state index is -4.31. The predicted octanol–water partition coefficient (Wildman–Crippen LogP) is 0.356. The zero-order valence-corrected chi connectivity index (χ0v) is 11.2. The molecule has 0 aromatic heterocycles. The summed E-state index contributed by atoms with van der Waals surface area (Å²) in [6.07, 6.45) is 2.40. The Bertz CT molecular complexity index is 428. The van der Waals surface area contributed by atoms with Crippen LogP contribution in [0.1, 0.15) is 32.1 Å². The third-order valence-corrected chi connectivity index (χ3v) is 3.96. The minimum absolute atomic E-state index is 0.0674. The van der Waals surface area contributed by atoms with Gasteiger partial charge in [0.15, 0.2) is 0 Å². The normalized spacial score (nSPS) is 23.8. The van der Waals surface area contributed by atoms with Crippen LogP contribution in [-0.4, -0.2) is 42.4 Å². The lowest BCUT2D eigenvalue weighted by Crippen LogP contribution is -2.34. The Labute approximate surface area is 111 Å². The molecule has 0 amide bonds. The first-order valence-electron chi connectivity index (χ1n) is 6.14. The molecule has 2 atom stereocenters. The van der Waals surface area contributed by atoms with Crippen molar-refractivity contribution in [1.82, 2.24) is 0 Å². The van der Waals surface area contributed by atoms with Crippen LogP contribution in [0, 0.1) is 11.8 Å². The average Bonchev–Trinajstić information content (AvgIpc) is 2.33. The van der Waals surface area contributed by atoms with Crippen LogP contribution < -0.4 is 0 Å². The Balaban J connectivity index is 2.41. The highest BCUT2D eigenvalue weighted by Gasteiger charge is 2.36. The van der Waals surface area contributed by atoms with Crippen LogP contribution in [0.15, 0.2) is 0 Å². The number of aliphatic carboxylic acids is 1. The first kappa shape index (κ1) is 15.9. The number of rotatable bonds is 6. The van der Waals surface area contributed by atoms with Gasteiger partial charge in [-0.15, -0.1) is 0 Å². The molecule has 0 aromatic rings. The van der Waals surface area contributed by atoms with E-state index >= 15 is 0 Å². The quantitative estimate of drug-likeness (QED) is 0.426. The summed E-state index contributed by atoms with van der Waals surface area (Å²) >= 11 is 0. The Morgan fingerprint density at radius 1 is 1.21 bits per heavy atom. The lowest BCUT2D eigenvalue weighted by molar-refractivity contribution is -0.159. The van der Waals surface area contributed by atoms with Crippen LogP contribution in [0.4, 0.5) is 0 Å². The van der Waals surface area contributed by atoms with E-state index in [1.54, 1.807) is 0 Å². The van der Waals surface area contributed by atoms with E-state index in [9.17, 15) is 22.6 Å². The average molecular weight is 293 g/mol. The smallest absolute Gasteiger partial charge is 0.309 e. The van der Waals surface area contributed by atoms with E-state index < -0.39 is 39.6 Å². The van der Waals surface area contributed by atoms with E-state index in [1.165, 1.54) is 0 Å². The van der Waals surface area contributed by atoms with E-state index in [0.717, 1.165) is 12.8 Å². The molecule has 7 nitrogen and oxygen atoms in total. The maximum atomic E-state index is 11.7. The third-order valence-electron chi connectivity index (χ3n) is 3.17. The number of carbonyl (C=O) groups excluding carboxylic acids is 1. The Kier molecular flexibility index (Phi) is 5.74. The molecule has 0 heterocycles. The van der Waals surface area contributed by atoms with E-state index in [4.69, 9.17) is 9.84 Å². The maximum absolute atomic E-state index is 11.7. The maximum Gasteiger partial charge on any atom is 0.309 e. The van der Waals surface area contributed by atoms with Gasteiger partial charge in [-0.2, -0.15) is 0 Å². The van der Waals surface area contributed by atoms with Crippen molar-refractivity contribution in [2.45, 2.75) is 32.1 Å². The van der Waals surface area contributed by atoms with E-state index in [1.807, 2.05) is 0 Å². The second-order valence-corrected chi connectivity index (χ2v) is 6.14. The number of carboxylic acid groups (broad SMARTS) is 1. The van der Waals surface area contributed by atoms with Gasteiger partial charge in [-0.05, 0) is 19.3 Å². The highest BCUT2D eigenvalue weighted by atomic mass is 32.2. The van der Waals surface area contributed by atoms with Crippen molar-refractivity contribution in [3.63, 3.8) is 0 Å². The van der Waals surface area contributed by atoms with Crippen LogP contribution in [0.2, 0.25) is 0 Å². The molecule has 1 N–H and O–H groups in total. The molecule has 2 unspecified atom stereocenters. The minimum Gasteiger partial charge on any atom is -0.748 e. The molecular weight excluding hydrogens is 276 g/mol. The van der Waals surface area contributed by atoms with Crippen molar-refractivity contribution in [2.24, 2.45) is 11.8 Å². The lowest BCUT2D eigenvalue weighted by Gasteiger charge is -2.26. The number of carboxylic acids is 1. The number of hydrogen-bond donors (Lipinski definition) is 1. The van der Waals surface area contributed by atoms with Crippen molar-refractivity contribution >= 4 is 22.1 Å². The summed E-state index contributed by atoms with van der Waals surface area (Å²) in [7, 11) is -4.31. The SMILES string of the molecule is O=C(O)C1CCCCC1C(=O)OCCCS(=O)(=O)[O-]. The summed E-state index contributed by atoms with van der Waals surface area (Å²) in [6, 6.07) is 0. The summed E-state index contributed by atoms with van der Waals surface area (Å²) in [5, 5.41) is 9.01. The third kappa shape index (κ3) is 5.56. The molecule has 1 aliphatic rings. The van der Waals surface area contributed by atoms with Crippen LogP contribution in [0.5, 0.6) is 0 Å². The van der Waals surface area contributed by atoms with Crippen molar-refractivity contribution in [3.05, 3.63) is 0 Å². The molecule has 1 rings (SSSR count). The molecule has 0 spiro atoms. The fourth-order valence-electron chi connectivity index (χ4n) is 2.22. The molecule has 0 bridgehead atoms. The monoisotopic (exact) mass is 293 g/mol. The number of hydrogen-bond acceptors (Lipinski definition) is 6. The Morgan fingerprint density at radius 3 is 2.32 bits per heavy atom. The van der Waals surface area contributed by atoms with Gasteiger partial charge >= 0.3 is 11.9 Å². The summed E-state index contributed by atoms with van der Waals surface area (Å²) in [5.74, 6) is -3.62. The zero-order valence-electron chi connectivity index (χ0n) is 10.4. The number of carbonyl (C=O) groups is 2. The molecule has 0 aliphatic heterocycles. The van der Waals surface area contributed by atoms with Crippen molar-refractivity contribution in [3.8, 4) is 0 Å². The van der Waals surface area contributed by atoms with Crippen molar-refractivity contribution in [2.75, 3.05) is 12.4 Å². The second-order valence-electron chi connectivity index (χ2n) is 4.62. The van der Waals surface area contributed by atoms with Crippen LogP contribution in [0.25, 0.3) is 0 Å². The molecule has 1 saturated carbocycles. The highest BCUT2D eigenvalue weighted by molar-refractivity contribution is 7.85. The molecule has 0 radical (unpaired) electrons. The standard InChI is InChI=1S/C11H18O7S/c12-10(13)8-4-1-2-5-9(8)11(14)18-6-3-7-19(15,16)17/h8-9H,1-7H2,(H,12,13)(H,15,16,17)/p-1. The Morgan fingerprint density at radius 2 is 1.79 bits per heavy atom. The molecule has 0 aromatic carbocycles. The van der Waals surface area contributed by atoms with Crippen molar-refractivity contribution < 1.29 is 32.4 Å². The van der Waals surface area contributed by atoms with E-state index in [-0.39, 0.29) is 13.0 Å². The zero-order chi connectivity index (χ0) is 14.5. The number of esters is 1. The molecule has 0 saturated heterocycles. The van der Waals surface area contributed by atoms with E-state index in [2.05, 4.69) is 0 Å². The summed E-state index contributed by atoms with van der Waals surface area (Å²) < 4.78 is 35.9. The topological polar surface area (TPSA) is 121 Å². The van der Waals surface area contributed by atoms with Gasteiger partial charge in [0, 0.05) is 5.75 Å². The summed E-state index contributed by atoms with van der Waals surface area (Å²) in [5.41, 5.74) is 0. The number of ether oxygens (including phenoxy) is 1. The van der Waals surface area contributed by atoms with Gasteiger partial charge in [0.2, 0.25) is 0 Å². The van der Waals surface area contributed by atoms with Gasteiger partial charge in [-0.25, -0.2) is 8.42 Å². The molecular formula is C11H17O7S-. The first-order valence-corrected chi connectivity index (χ1v) is 7.72. The molecule has 8 heteroatoms. The van der Waals surface area contributed by atoms with E-state index in [0.29, 0.717) is 12.8 Å². The fraction of sp³-hybridized carbons (Fsp3) is 0.818. The van der Waals surface area contributed by atoms with Crippen molar-refractivity contribution in [1.29, 1.82) is 0 Å². The van der Waals surface area contributed by atoms with Gasteiger partial charge in [0.1, 0.15) is 0 Å². The van der Waals surface area contributed by atoms with Gasteiger partial charge in [0.05, 0.1) is 28.6 Å². The fourth-order valence-corrected chi connectivity index (χ4v) is 2.70.